The van der Waals surface area contributed by atoms with Crippen molar-refractivity contribution in [3.05, 3.63) is 12.3 Å². The molecule has 1 aliphatic carbocycles. The lowest BCUT2D eigenvalue weighted by Crippen LogP contribution is -2.15. The largest absolute Gasteiger partial charge is 0.309 e. The lowest BCUT2D eigenvalue weighted by Gasteiger charge is -2.20. The van der Waals surface area contributed by atoms with Crippen molar-refractivity contribution in [2.24, 2.45) is 5.92 Å². The summed E-state index contributed by atoms with van der Waals surface area (Å²) < 4.78 is 1.82. The lowest BCUT2D eigenvalue weighted by atomic mass is 9.86. The molecule has 0 spiro atoms. The summed E-state index contributed by atoms with van der Waals surface area (Å²) in [6.45, 7) is 2.86. The highest BCUT2D eigenvalue weighted by atomic mass is 16.1. The summed E-state index contributed by atoms with van der Waals surface area (Å²) in [7, 11) is 0. The van der Waals surface area contributed by atoms with Gasteiger partial charge in [0.2, 0.25) is 5.91 Å². The van der Waals surface area contributed by atoms with Crippen LogP contribution in [-0.4, -0.2) is 15.7 Å². The van der Waals surface area contributed by atoms with Crippen LogP contribution in [0.15, 0.2) is 12.3 Å². The molecular formula is C14H23N3O. The number of amides is 1. The monoisotopic (exact) mass is 249 g/mol. The highest BCUT2D eigenvalue weighted by molar-refractivity contribution is 5.89. The van der Waals surface area contributed by atoms with Crippen LogP contribution in [0.1, 0.15) is 51.9 Å². The fourth-order valence-corrected chi connectivity index (χ4v) is 2.62. The van der Waals surface area contributed by atoms with Crippen LogP contribution in [-0.2, 0) is 11.3 Å². The number of rotatable bonds is 5. The van der Waals surface area contributed by atoms with Crippen molar-refractivity contribution in [3.8, 4) is 0 Å². The maximum atomic E-state index is 11.8. The Labute approximate surface area is 109 Å². The van der Waals surface area contributed by atoms with Gasteiger partial charge in [0.1, 0.15) is 0 Å². The number of hydrogen-bond acceptors (Lipinski definition) is 2. The lowest BCUT2D eigenvalue weighted by molar-refractivity contribution is -0.116. The number of aryl methyl sites for hydroxylation is 1. The molecule has 0 aliphatic heterocycles. The Kier molecular flexibility index (Phi) is 4.79. The van der Waals surface area contributed by atoms with Crippen molar-refractivity contribution >= 4 is 11.7 Å². The molecule has 1 saturated carbocycles. The maximum absolute atomic E-state index is 11.8. The molecule has 1 fully saturated rings. The van der Waals surface area contributed by atoms with E-state index in [4.69, 9.17) is 0 Å². The van der Waals surface area contributed by atoms with Crippen LogP contribution in [0, 0.1) is 5.92 Å². The molecule has 4 nitrogen and oxygen atoms in total. The first-order valence-electron chi connectivity index (χ1n) is 7.11. The molecular weight excluding hydrogens is 226 g/mol. The fraction of sp³-hybridized carbons (Fsp3) is 0.714. The summed E-state index contributed by atoms with van der Waals surface area (Å²) in [5.74, 6) is 1.53. The van der Waals surface area contributed by atoms with E-state index in [0.717, 1.165) is 18.9 Å². The minimum Gasteiger partial charge on any atom is -0.309 e. The van der Waals surface area contributed by atoms with Gasteiger partial charge in [0, 0.05) is 25.2 Å². The van der Waals surface area contributed by atoms with Gasteiger partial charge in [-0.3, -0.25) is 9.48 Å². The Morgan fingerprint density at radius 2 is 2.22 bits per heavy atom. The molecule has 0 saturated heterocycles. The molecule has 18 heavy (non-hydrogen) atoms. The molecule has 0 unspecified atom stereocenters. The average molecular weight is 249 g/mol. The number of nitrogens with one attached hydrogen (secondary N) is 1. The molecule has 4 heteroatoms. The topological polar surface area (TPSA) is 46.9 Å². The molecule has 1 aliphatic rings. The Bertz CT molecular complexity index is 380. The van der Waals surface area contributed by atoms with E-state index in [2.05, 4.69) is 10.4 Å². The molecule has 1 aromatic heterocycles. The summed E-state index contributed by atoms with van der Waals surface area (Å²) in [4.78, 5) is 11.8. The molecule has 2 rings (SSSR count). The van der Waals surface area contributed by atoms with Gasteiger partial charge in [-0.15, -0.1) is 0 Å². The van der Waals surface area contributed by atoms with E-state index in [1.165, 1.54) is 32.1 Å². The molecule has 0 bridgehead atoms. The second-order valence-electron chi connectivity index (χ2n) is 5.15. The van der Waals surface area contributed by atoms with Gasteiger partial charge in [0.15, 0.2) is 5.82 Å². The Hall–Kier alpha value is -1.32. The van der Waals surface area contributed by atoms with Crippen molar-refractivity contribution in [1.29, 1.82) is 0 Å². The van der Waals surface area contributed by atoms with Crippen molar-refractivity contribution in [2.75, 3.05) is 5.32 Å². The summed E-state index contributed by atoms with van der Waals surface area (Å²) in [6, 6.07) is 1.85. The second-order valence-corrected chi connectivity index (χ2v) is 5.15. The smallest absolute Gasteiger partial charge is 0.225 e. The third-order valence-corrected chi connectivity index (χ3v) is 3.74. The van der Waals surface area contributed by atoms with Gasteiger partial charge in [-0.05, 0) is 19.3 Å². The van der Waals surface area contributed by atoms with E-state index in [1.807, 2.05) is 23.9 Å². The molecule has 1 amide bonds. The fourth-order valence-electron chi connectivity index (χ4n) is 2.62. The third kappa shape index (κ3) is 3.86. The molecule has 1 N–H and O–H groups in total. The third-order valence-electron chi connectivity index (χ3n) is 3.74. The van der Waals surface area contributed by atoms with E-state index in [0.29, 0.717) is 12.2 Å². The van der Waals surface area contributed by atoms with Crippen molar-refractivity contribution in [3.63, 3.8) is 0 Å². The number of anilines is 1. The molecule has 1 aromatic rings. The standard InChI is InChI=1S/C14H23N3O/c1-2-17-11-10-13(16-17)15-14(18)9-8-12-6-4-3-5-7-12/h10-12H,2-9H2,1H3,(H,15,16,18). The van der Waals surface area contributed by atoms with Gasteiger partial charge in [0.05, 0.1) is 0 Å². The summed E-state index contributed by atoms with van der Waals surface area (Å²) >= 11 is 0. The summed E-state index contributed by atoms with van der Waals surface area (Å²) in [5.41, 5.74) is 0. The normalized spacial score (nSPS) is 16.7. The van der Waals surface area contributed by atoms with Crippen LogP contribution in [0.4, 0.5) is 5.82 Å². The molecule has 0 atom stereocenters. The predicted molar refractivity (Wildman–Crippen MR) is 72.3 cm³/mol. The Morgan fingerprint density at radius 3 is 2.89 bits per heavy atom. The van der Waals surface area contributed by atoms with Crippen LogP contribution in [0.3, 0.4) is 0 Å². The van der Waals surface area contributed by atoms with Gasteiger partial charge in [-0.25, -0.2) is 0 Å². The van der Waals surface area contributed by atoms with Crippen LogP contribution < -0.4 is 5.32 Å². The number of nitrogens with zero attached hydrogens (tertiary/aromatic N) is 2. The first-order valence-corrected chi connectivity index (χ1v) is 7.11. The zero-order chi connectivity index (χ0) is 12.8. The Balaban J connectivity index is 1.71. The number of carbonyl (C=O) groups excluding carboxylic acids is 1. The van der Waals surface area contributed by atoms with Gasteiger partial charge in [-0.2, -0.15) is 5.10 Å². The number of aromatic nitrogens is 2. The second kappa shape index (κ2) is 6.57. The number of hydrogen-bond donors (Lipinski definition) is 1. The van der Waals surface area contributed by atoms with E-state index in [-0.39, 0.29) is 5.91 Å². The van der Waals surface area contributed by atoms with Gasteiger partial charge < -0.3 is 5.32 Å². The molecule has 0 aromatic carbocycles. The van der Waals surface area contributed by atoms with Gasteiger partial charge >= 0.3 is 0 Å². The first kappa shape index (κ1) is 13.1. The van der Waals surface area contributed by atoms with E-state index < -0.39 is 0 Å². The van der Waals surface area contributed by atoms with Crippen LogP contribution >= 0.6 is 0 Å². The first-order chi connectivity index (χ1) is 8.78. The van der Waals surface area contributed by atoms with Gasteiger partial charge in [0.25, 0.3) is 0 Å². The minimum absolute atomic E-state index is 0.0990. The molecule has 1 heterocycles. The van der Waals surface area contributed by atoms with E-state index in [1.54, 1.807) is 0 Å². The highest BCUT2D eigenvalue weighted by Gasteiger charge is 2.15. The molecule has 100 valence electrons. The number of carbonyl (C=O) groups is 1. The average Bonchev–Trinajstić information content (AvgIpc) is 2.85. The van der Waals surface area contributed by atoms with Crippen LogP contribution in [0.2, 0.25) is 0 Å². The van der Waals surface area contributed by atoms with Crippen molar-refractivity contribution < 1.29 is 4.79 Å². The quantitative estimate of drug-likeness (QED) is 0.871. The minimum atomic E-state index is 0.0990. The van der Waals surface area contributed by atoms with Gasteiger partial charge in [-0.1, -0.05) is 32.1 Å². The predicted octanol–water partition coefficient (Wildman–Crippen LogP) is 3.20. The van der Waals surface area contributed by atoms with Crippen molar-refractivity contribution in [1.82, 2.24) is 9.78 Å². The summed E-state index contributed by atoms with van der Waals surface area (Å²) in [5, 5.41) is 7.11. The van der Waals surface area contributed by atoms with Crippen molar-refractivity contribution in [2.45, 2.75) is 58.4 Å². The maximum Gasteiger partial charge on any atom is 0.225 e. The zero-order valence-electron chi connectivity index (χ0n) is 11.2. The van der Waals surface area contributed by atoms with E-state index >= 15 is 0 Å². The highest BCUT2D eigenvalue weighted by Crippen LogP contribution is 2.27. The molecule has 0 radical (unpaired) electrons. The zero-order valence-corrected chi connectivity index (χ0v) is 11.2. The summed E-state index contributed by atoms with van der Waals surface area (Å²) in [6.07, 6.45) is 10.2. The van der Waals surface area contributed by atoms with Crippen LogP contribution in [0.25, 0.3) is 0 Å². The van der Waals surface area contributed by atoms with Crippen LogP contribution in [0.5, 0.6) is 0 Å². The SMILES string of the molecule is CCn1ccc(NC(=O)CCC2CCCCC2)n1. The van der Waals surface area contributed by atoms with E-state index in [9.17, 15) is 4.79 Å². The Morgan fingerprint density at radius 1 is 1.44 bits per heavy atom.